The van der Waals surface area contributed by atoms with Crippen molar-refractivity contribution in [2.75, 3.05) is 7.11 Å². The van der Waals surface area contributed by atoms with Crippen LogP contribution in [0.25, 0.3) is 0 Å². The van der Waals surface area contributed by atoms with Crippen LogP contribution < -0.4 is 11.3 Å². The summed E-state index contributed by atoms with van der Waals surface area (Å²) in [5, 5.41) is 0. The van der Waals surface area contributed by atoms with Crippen LogP contribution in [-0.2, 0) is 4.74 Å². The molecular formula is C11H24N2O. The first kappa shape index (κ1) is 12.0. The Bertz CT molecular complexity index is 167. The van der Waals surface area contributed by atoms with E-state index >= 15 is 0 Å². The van der Waals surface area contributed by atoms with Crippen LogP contribution in [0.1, 0.15) is 46.0 Å². The number of methoxy groups -OCH3 is 1. The van der Waals surface area contributed by atoms with Crippen LogP contribution in [0.2, 0.25) is 0 Å². The number of ether oxygens (including phenoxy) is 1. The Morgan fingerprint density at radius 2 is 2.00 bits per heavy atom. The van der Waals surface area contributed by atoms with E-state index in [-0.39, 0.29) is 5.60 Å². The van der Waals surface area contributed by atoms with Crippen molar-refractivity contribution >= 4 is 0 Å². The molecule has 0 heterocycles. The van der Waals surface area contributed by atoms with E-state index in [0.717, 1.165) is 19.3 Å². The molecule has 0 aliphatic heterocycles. The molecule has 3 nitrogen and oxygen atoms in total. The molecule has 1 fully saturated rings. The Hall–Kier alpha value is -0.120. The van der Waals surface area contributed by atoms with Crippen molar-refractivity contribution in [2.24, 2.45) is 11.8 Å². The molecule has 2 unspecified atom stereocenters. The highest BCUT2D eigenvalue weighted by Crippen LogP contribution is 2.38. The zero-order valence-corrected chi connectivity index (χ0v) is 9.68. The molecule has 1 aliphatic carbocycles. The highest BCUT2D eigenvalue weighted by Gasteiger charge is 2.43. The molecule has 84 valence electrons. The van der Waals surface area contributed by atoms with Gasteiger partial charge in [-0.2, -0.15) is 0 Å². The fraction of sp³-hybridized carbons (Fsp3) is 1.00. The molecule has 14 heavy (non-hydrogen) atoms. The van der Waals surface area contributed by atoms with E-state index in [2.05, 4.69) is 19.3 Å². The van der Waals surface area contributed by atoms with E-state index in [1.54, 1.807) is 0 Å². The van der Waals surface area contributed by atoms with Crippen molar-refractivity contribution in [1.82, 2.24) is 5.43 Å². The smallest absolute Gasteiger partial charge is 0.0846 e. The van der Waals surface area contributed by atoms with Gasteiger partial charge in [-0.3, -0.25) is 11.3 Å². The van der Waals surface area contributed by atoms with Gasteiger partial charge in [0, 0.05) is 7.11 Å². The molecule has 3 heteroatoms. The molecule has 3 N–H and O–H groups in total. The molecule has 0 radical (unpaired) electrons. The van der Waals surface area contributed by atoms with Gasteiger partial charge < -0.3 is 4.74 Å². The highest BCUT2D eigenvalue weighted by molar-refractivity contribution is 4.97. The zero-order chi connectivity index (χ0) is 10.6. The third-order valence-electron chi connectivity index (χ3n) is 3.82. The highest BCUT2D eigenvalue weighted by atomic mass is 16.5. The predicted molar refractivity (Wildman–Crippen MR) is 58.8 cm³/mol. The zero-order valence-electron chi connectivity index (χ0n) is 9.68. The molecule has 1 saturated carbocycles. The minimum absolute atomic E-state index is 0.00975. The summed E-state index contributed by atoms with van der Waals surface area (Å²) in [7, 11) is 1.82. The summed E-state index contributed by atoms with van der Waals surface area (Å²) >= 11 is 0. The summed E-state index contributed by atoms with van der Waals surface area (Å²) in [4.78, 5) is 0. The lowest BCUT2D eigenvalue weighted by Crippen LogP contribution is -2.56. The van der Waals surface area contributed by atoms with Crippen LogP contribution in [0.3, 0.4) is 0 Å². The Labute approximate surface area is 87.4 Å². The second-order valence-electron chi connectivity index (χ2n) is 4.51. The molecule has 0 saturated heterocycles. The van der Waals surface area contributed by atoms with Crippen molar-refractivity contribution < 1.29 is 4.74 Å². The minimum Gasteiger partial charge on any atom is -0.377 e. The normalized spacial score (nSPS) is 24.9. The van der Waals surface area contributed by atoms with Crippen LogP contribution >= 0.6 is 0 Å². The monoisotopic (exact) mass is 200 g/mol. The summed E-state index contributed by atoms with van der Waals surface area (Å²) in [6.45, 7) is 4.44. The summed E-state index contributed by atoms with van der Waals surface area (Å²) < 4.78 is 5.73. The van der Waals surface area contributed by atoms with Crippen molar-refractivity contribution in [2.45, 2.75) is 57.6 Å². The van der Waals surface area contributed by atoms with Gasteiger partial charge in [0.15, 0.2) is 0 Å². The average Bonchev–Trinajstić information content (AvgIpc) is 2.68. The van der Waals surface area contributed by atoms with Crippen LogP contribution in [0.5, 0.6) is 0 Å². The van der Waals surface area contributed by atoms with Crippen molar-refractivity contribution in [3.63, 3.8) is 0 Å². The van der Waals surface area contributed by atoms with Crippen LogP contribution in [0.4, 0.5) is 0 Å². The van der Waals surface area contributed by atoms with Gasteiger partial charge in [0.1, 0.15) is 0 Å². The van der Waals surface area contributed by atoms with E-state index in [1.165, 1.54) is 12.8 Å². The van der Waals surface area contributed by atoms with Gasteiger partial charge >= 0.3 is 0 Å². The number of hydrogen-bond acceptors (Lipinski definition) is 3. The number of nitrogens with one attached hydrogen (secondary N) is 1. The van der Waals surface area contributed by atoms with Crippen LogP contribution in [-0.4, -0.2) is 18.8 Å². The maximum atomic E-state index is 5.73. The predicted octanol–water partition coefficient (Wildman–Crippen LogP) is 1.82. The lowest BCUT2D eigenvalue weighted by molar-refractivity contribution is -0.0503. The second kappa shape index (κ2) is 5.10. The van der Waals surface area contributed by atoms with E-state index in [1.807, 2.05) is 7.11 Å². The molecule has 0 aromatic heterocycles. The first-order chi connectivity index (χ1) is 6.70. The molecule has 0 bridgehead atoms. The summed E-state index contributed by atoms with van der Waals surface area (Å²) in [6.07, 6.45) is 5.95. The fourth-order valence-electron chi connectivity index (χ4n) is 2.69. The van der Waals surface area contributed by atoms with Gasteiger partial charge in [0.25, 0.3) is 0 Å². The molecular weight excluding hydrogens is 176 g/mol. The Kier molecular flexibility index (Phi) is 4.35. The lowest BCUT2D eigenvalue weighted by atomic mass is 9.83. The van der Waals surface area contributed by atoms with Crippen molar-refractivity contribution in [1.29, 1.82) is 0 Å². The number of hydrazine groups is 1. The van der Waals surface area contributed by atoms with E-state index < -0.39 is 0 Å². The summed E-state index contributed by atoms with van der Waals surface area (Å²) in [6, 6.07) is 0.292. The molecule has 0 amide bonds. The fourth-order valence-corrected chi connectivity index (χ4v) is 2.69. The number of nitrogens with two attached hydrogens (primary N) is 1. The van der Waals surface area contributed by atoms with Gasteiger partial charge in [-0.1, -0.05) is 33.1 Å². The van der Waals surface area contributed by atoms with Gasteiger partial charge in [-0.05, 0) is 18.8 Å². The molecule has 1 aliphatic rings. The SMILES string of the molecule is CCC(C)C(NN)C1(OC)CCCC1. The maximum absolute atomic E-state index is 5.73. The lowest BCUT2D eigenvalue weighted by Gasteiger charge is -2.39. The second-order valence-corrected chi connectivity index (χ2v) is 4.51. The molecule has 2 atom stereocenters. The van der Waals surface area contributed by atoms with Crippen molar-refractivity contribution in [3.8, 4) is 0 Å². The largest absolute Gasteiger partial charge is 0.377 e. The van der Waals surface area contributed by atoms with Crippen molar-refractivity contribution in [3.05, 3.63) is 0 Å². The molecule has 0 aromatic carbocycles. The molecule has 1 rings (SSSR count). The van der Waals surface area contributed by atoms with E-state index in [0.29, 0.717) is 12.0 Å². The summed E-state index contributed by atoms with van der Waals surface area (Å²) in [5.41, 5.74) is 2.95. The Morgan fingerprint density at radius 1 is 1.43 bits per heavy atom. The first-order valence-corrected chi connectivity index (χ1v) is 5.71. The minimum atomic E-state index is -0.00975. The van der Waals surface area contributed by atoms with Crippen LogP contribution in [0.15, 0.2) is 0 Å². The van der Waals surface area contributed by atoms with Crippen LogP contribution in [0, 0.1) is 5.92 Å². The van der Waals surface area contributed by atoms with E-state index in [9.17, 15) is 0 Å². The summed E-state index contributed by atoms with van der Waals surface area (Å²) in [5.74, 6) is 6.23. The first-order valence-electron chi connectivity index (χ1n) is 5.71. The Morgan fingerprint density at radius 3 is 2.36 bits per heavy atom. The third-order valence-corrected chi connectivity index (χ3v) is 3.82. The third kappa shape index (κ3) is 2.10. The van der Waals surface area contributed by atoms with Gasteiger partial charge in [0.2, 0.25) is 0 Å². The standard InChI is InChI=1S/C11H24N2O/c1-4-9(2)10(13-12)11(14-3)7-5-6-8-11/h9-10,13H,4-8,12H2,1-3H3. The average molecular weight is 200 g/mol. The Balaban J connectivity index is 2.73. The van der Waals surface area contributed by atoms with Gasteiger partial charge in [0.05, 0.1) is 11.6 Å². The van der Waals surface area contributed by atoms with Gasteiger partial charge in [-0.15, -0.1) is 0 Å². The molecule has 0 aromatic rings. The van der Waals surface area contributed by atoms with Gasteiger partial charge in [-0.25, -0.2) is 0 Å². The molecule has 0 spiro atoms. The quantitative estimate of drug-likeness (QED) is 0.526. The number of rotatable bonds is 5. The topological polar surface area (TPSA) is 47.3 Å². The van der Waals surface area contributed by atoms with E-state index in [4.69, 9.17) is 10.6 Å². The maximum Gasteiger partial charge on any atom is 0.0846 e. The number of hydrogen-bond donors (Lipinski definition) is 2.